The van der Waals surface area contributed by atoms with E-state index in [9.17, 15) is 13.2 Å². The van der Waals surface area contributed by atoms with Gasteiger partial charge >= 0.3 is 6.18 Å². The molecule has 0 aliphatic heterocycles. The van der Waals surface area contributed by atoms with E-state index in [1.807, 2.05) is 0 Å². The Morgan fingerprint density at radius 2 is 2.11 bits per heavy atom. The summed E-state index contributed by atoms with van der Waals surface area (Å²) in [5, 5.41) is 10.5. The topological polar surface area (TPSA) is 33.1 Å². The molecule has 0 amide bonds. The number of thiazole rings is 1. The maximum Gasteiger partial charge on any atom is 0.416 e. The molecule has 2 rings (SSSR count). The van der Waals surface area contributed by atoms with E-state index in [1.54, 1.807) is 11.4 Å². The van der Waals surface area contributed by atoms with Gasteiger partial charge in [0.05, 0.1) is 17.9 Å². The molecule has 0 unspecified atom stereocenters. The average molecular weight is 291 g/mol. The van der Waals surface area contributed by atoms with Crippen molar-refractivity contribution in [3.63, 3.8) is 0 Å². The molecule has 96 valence electrons. The van der Waals surface area contributed by atoms with E-state index < -0.39 is 11.7 Å². The zero-order valence-electron chi connectivity index (χ0n) is 8.94. The van der Waals surface area contributed by atoms with Crippen LogP contribution in [0.3, 0.4) is 0 Å². The van der Waals surface area contributed by atoms with Gasteiger partial charge in [0, 0.05) is 10.3 Å². The average Bonchev–Trinajstić information content (AvgIpc) is 2.76. The number of alkyl halides is 3. The first-order chi connectivity index (χ1) is 8.49. The molecular formula is C11H8F3NOS2. The number of halogens is 3. The Morgan fingerprint density at radius 1 is 1.33 bits per heavy atom. The van der Waals surface area contributed by atoms with Crippen LogP contribution < -0.4 is 0 Å². The van der Waals surface area contributed by atoms with E-state index in [0.717, 1.165) is 23.9 Å². The molecule has 0 saturated carbocycles. The van der Waals surface area contributed by atoms with Crippen LogP contribution in [0.4, 0.5) is 13.2 Å². The molecule has 1 aromatic carbocycles. The van der Waals surface area contributed by atoms with Crippen molar-refractivity contribution < 1.29 is 18.3 Å². The SMILES string of the molecule is OCc1csc(Sc2cccc(C(F)(F)F)c2)n1. The fourth-order valence-electron chi connectivity index (χ4n) is 1.24. The molecule has 0 fully saturated rings. The summed E-state index contributed by atoms with van der Waals surface area (Å²) < 4.78 is 38.1. The monoisotopic (exact) mass is 291 g/mol. The molecule has 1 heterocycles. The highest BCUT2D eigenvalue weighted by molar-refractivity contribution is 8.01. The molecule has 0 aliphatic carbocycles. The second-order valence-electron chi connectivity index (χ2n) is 3.39. The van der Waals surface area contributed by atoms with Gasteiger partial charge in [0.2, 0.25) is 0 Å². The van der Waals surface area contributed by atoms with Gasteiger partial charge in [-0.25, -0.2) is 4.98 Å². The largest absolute Gasteiger partial charge is 0.416 e. The number of nitrogens with zero attached hydrogens (tertiary/aromatic N) is 1. The predicted molar refractivity (Wildman–Crippen MR) is 63.6 cm³/mol. The van der Waals surface area contributed by atoms with Crippen LogP contribution in [0.1, 0.15) is 11.3 Å². The molecule has 2 aromatic rings. The summed E-state index contributed by atoms with van der Waals surface area (Å²) >= 11 is 2.44. The molecule has 2 nitrogen and oxygen atoms in total. The summed E-state index contributed by atoms with van der Waals surface area (Å²) in [6, 6.07) is 5.08. The first-order valence-corrected chi connectivity index (χ1v) is 6.59. The van der Waals surface area contributed by atoms with Crippen LogP contribution in [0.5, 0.6) is 0 Å². The van der Waals surface area contributed by atoms with Gasteiger partial charge in [0.15, 0.2) is 4.34 Å². The molecule has 7 heteroatoms. The summed E-state index contributed by atoms with van der Waals surface area (Å²) in [6.45, 7) is -0.167. The number of hydrogen-bond acceptors (Lipinski definition) is 4. The third kappa shape index (κ3) is 3.24. The van der Waals surface area contributed by atoms with E-state index in [2.05, 4.69) is 4.98 Å². The van der Waals surface area contributed by atoms with Crippen LogP contribution in [0.2, 0.25) is 0 Å². The summed E-state index contributed by atoms with van der Waals surface area (Å²) in [5.41, 5.74) is -0.152. The van der Waals surface area contributed by atoms with E-state index in [-0.39, 0.29) is 6.61 Å². The Labute approximate surface area is 109 Å². The van der Waals surface area contributed by atoms with Crippen molar-refractivity contribution in [1.29, 1.82) is 0 Å². The first-order valence-electron chi connectivity index (χ1n) is 4.89. The lowest BCUT2D eigenvalue weighted by atomic mass is 10.2. The Kier molecular flexibility index (Phi) is 3.94. The molecule has 18 heavy (non-hydrogen) atoms. The highest BCUT2D eigenvalue weighted by atomic mass is 32.2. The highest BCUT2D eigenvalue weighted by Crippen LogP contribution is 2.35. The normalized spacial score (nSPS) is 11.8. The Bertz CT molecular complexity index is 539. The third-order valence-electron chi connectivity index (χ3n) is 2.06. The zero-order valence-corrected chi connectivity index (χ0v) is 10.6. The zero-order chi connectivity index (χ0) is 13.2. The lowest BCUT2D eigenvalue weighted by Crippen LogP contribution is -2.04. The second-order valence-corrected chi connectivity index (χ2v) is 5.57. The van der Waals surface area contributed by atoms with Crippen LogP contribution in [-0.2, 0) is 12.8 Å². The minimum absolute atomic E-state index is 0.167. The molecule has 0 bridgehead atoms. The molecule has 0 atom stereocenters. The Hall–Kier alpha value is -1.05. The van der Waals surface area contributed by atoms with Gasteiger partial charge < -0.3 is 5.11 Å². The molecule has 1 N–H and O–H groups in total. The summed E-state index contributed by atoms with van der Waals surface area (Å²) in [7, 11) is 0. The highest BCUT2D eigenvalue weighted by Gasteiger charge is 2.30. The third-order valence-corrected chi connectivity index (χ3v) is 4.04. The van der Waals surface area contributed by atoms with Crippen LogP contribution in [0, 0.1) is 0 Å². The lowest BCUT2D eigenvalue weighted by molar-refractivity contribution is -0.137. The van der Waals surface area contributed by atoms with Gasteiger partial charge in [-0.1, -0.05) is 17.8 Å². The lowest BCUT2D eigenvalue weighted by Gasteiger charge is -2.07. The van der Waals surface area contributed by atoms with Crippen molar-refractivity contribution in [2.24, 2.45) is 0 Å². The summed E-state index contributed by atoms with van der Waals surface area (Å²) in [5.74, 6) is 0. The molecule has 0 spiro atoms. The van der Waals surface area contributed by atoms with Gasteiger partial charge in [-0.2, -0.15) is 13.2 Å². The van der Waals surface area contributed by atoms with Gasteiger partial charge in [0.25, 0.3) is 0 Å². The van der Waals surface area contributed by atoms with E-state index in [0.29, 0.717) is 14.9 Å². The molecule has 0 aliphatic rings. The van der Waals surface area contributed by atoms with Gasteiger partial charge in [-0.05, 0) is 18.2 Å². The van der Waals surface area contributed by atoms with Crippen LogP contribution in [0.15, 0.2) is 38.9 Å². The fraction of sp³-hybridized carbons (Fsp3) is 0.182. The number of rotatable bonds is 3. The van der Waals surface area contributed by atoms with E-state index in [1.165, 1.54) is 17.4 Å². The Balaban J connectivity index is 2.19. The maximum absolute atomic E-state index is 12.5. The van der Waals surface area contributed by atoms with Gasteiger partial charge in [0.1, 0.15) is 0 Å². The minimum atomic E-state index is -4.34. The van der Waals surface area contributed by atoms with Crippen LogP contribution in [0.25, 0.3) is 0 Å². The van der Waals surface area contributed by atoms with Crippen molar-refractivity contribution in [3.05, 3.63) is 40.9 Å². The van der Waals surface area contributed by atoms with Gasteiger partial charge in [-0.3, -0.25) is 0 Å². The number of benzene rings is 1. The second kappa shape index (κ2) is 5.29. The molecule has 1 aromatic heterocycles. The van der Waals surface area contributed by atoms with Crippen LogP contribution in [-0.4, -0.2) is 10.1 Å². The fourth-order valence-corrected chi connectivity index (χ4v) is 3.10. The standard InChI is InChI=1S/C11H8F3NOS2/c12-11(13,14)7-2-1-3-9(4-7)18-10-15-8(5-16)6-17-10/h1-4,6,16H,5H2. The minimum Gasteiger partial charge on any atom is -0.390 e. The number of aliphatic hydroxyl groups is 1. The number of aliphatic hydroxyl groups excluding tert-OH is 1. The van der Waals surface area contributed by atoms with Crippen molar-refractivity contribution in [2.75, 3.05) is 0 Å². The van der Waals surface area contributed by atoms with Crippen molar-refractivity contribution in [2.45, 2.75) is 22.0 Å². The first kappa shape index (κ1) is 13.4. The number of aromatic nitrogens is 1. The van der Waals surface area contributed by atoms with Crippen molar-refractivity contribution in [3.8, 4) is 0 Å². The maximum atomic E-state index is 12.5. The van der Waals surface area contributed by atoms with Crippen molar-refractivity contribution in [1.82, 2.24) is 4.98 Å². The predicted octanol–water partition coefficient (Wildman–Crippen LogP) is 3.81. The van der Waals surface area contributed by atoms with Crippen LogP contribution >= 0.6 is 23.1 Å². The van der Waals surface area contributed by atoms with Crippen molar-refractivity contribution >= 4 is 23.1 Å². The van der Waals surface area contributed by atoms with E-state index >= 15 is 0 Å². The van der Waals surface area contributed by atoms with E-state index in [4.69, 9.17) is 5.11 Å². The Morgan fingerprint density at radius 3 is 2.72 bits per heavy atom. The molecular weight excluding hydrogens is 283 g/mol. The smallest absolute Gasteiger partial charge is 0.390 e. The van der Waals surface area contributed by atoms with Gasteiger partial charge in [-0.15, -0.1) is 11.3 Å². The molecule has 0 saturated heterocycles. The quantitative estimate of drug-likeness (QED) is 0.933. The summed E-state index contributed by atoms with van der Waals surface area (Å²) in [6.07, 6.45) is -4.34. The molecule has 0 radical (unpaired) electrons. The number of hydrogen-bond donors (Lipinski definition) is 1. The summed E-state index contributed by atoms with van der Waals surface area (Å²) in [4.78, 5) is 4.54.